The molecule has 3 N–H and O–H groups in total. The van der Waals surface area contributed by atoms with Crippen molar-refractivity contribution in [2.24, 2.45) is 0 Å². The molecule has 1 aromatic carbocycles. The molecule has 0 heterocycles. The number of hydrogen-bond donors (Lipinski definition) is 3. The van der Waals surface area contributed by atoms with E-state index in [4.69, 9.17) is 28.3 Å². The largest absolute Gasteiger partial charge is 0.480 e. The molecule has 5 nitrogen and oxygen atoms in total. The molecule has 1 rings (SSSR count). The average molecular weight is 295 g/mol. The Labute approximate surface area is 112 Å². The maximum absolute atomic E-state index is 12.9. The summed E-state index contributed by atoms with van der Waals surface area (Å²) in [5, 5.41) is 12.8. The second-order valence-electron chi connectivity index (χ2n) is 3.40. The molecular formula is C10H9Cl2FN2O3. The van der Waals surface area contributed by atoms with Crippen molar-refractivity contribution in [3.05, 3.63) is 28.0 Å². The van der Waals surface area contributed by atoms with Gasteiger partial charge in [-0.3, -0.25) is 4.79 Å². The summed E-state index contributed by atoms with van der Waals surface area (Å²) >= 11 is 11.4. The van der Waals surface area contributed by atoms with Crippen molar-refractivity contribution < 1.29 is 19.1 Å². The topological polar surface area (TPSA) is 78.4 Å². The number of benzene rings is 1. The summed E-state index contributed by atoms with van der Waals surface area (Å²) in [5.41, 5.74) is 0.00909. The Kier molecular flexibility index (Phi) is 4.75. The summed E-state index contributed by atoms with van der Waals surface area (Å²) in [6.07, 6.45) is 0. The summed E-state index contributed by atoms with van der Waals surface area (Å²) in [6.45, 7) is 1.29. The standard InChI is InChI=1S/C10H9Cl2FN2O3/c1-4(9(16)17)14-10(18)15-8-6(11)2-5(13)3-7(8)12/h2-4H,1H3,(H,16,17)(H2,14,15,18)/t4-/m1/s1. The first-order chi connectivity index (χ1) is 8.31. The maximum atomic E-state index is 12.9. The minimum atomic E-state index is -1.19. The fourth-order valence-electron chi connectivity index (χ4n) is 1.07. The summed E-state index contributed by atoms with van der Waals surface area (Å²) < 4.78 is 12.9. The molecule has 0 aliphatic carbocycles. The first-order valence-electron chi connectivity index (χ1n) is 4.76. The predicted octanol–water partition coefficient (Wildman–Crippen LogP) is 2.73. The fourth-order valence-corrected chi connectivity index (χ4v) is 1.62. The summed E-state index contributed by atoms with van der Waals surface area (Å²) in [5.74, 6) is -1.84. The van der Waals surface area contributed by atoms with E-state index in [0.29, 0.717) is 0 Å². The molecule has 98 valence electrons. The smallest absolute Gasteiger partial charge is 0.325 e. The number of urea groups is 1. The number of hydrogen-bond acceptors (Lipinski definition) is 2. The van der Waals surface area contributed by atoms with Gasteiger partial charge in [0.25, 0.3) is 0 Å². The lowest BCUT2D eigenvalue weighted by Gasteiger charge is -2.12. The van der Waals surface area contributed by atoms with Crippen LogP contribution in [0, 0.1) is 5.82 Å². The number of carbonyl (C=O) groups excluding carboxylic acids is 1. The Morgan fingerprint density at radius 2 is 1.83 bits per heavy atom. The third kappa shape index (κ3) is 3.75. The lowest BCUT2D eigenvalue weighted by atomic mass is 10.3. The van der Waals surface area contributed by atoms with Crippen molar-refractivity contribution in [2.75, 3.05) is 5.32 Å². The van der Waals surface area contributed by atoms with E-state index < -0.39 is 23.9 Å². The fraction of sp³-hybridized carbons (Fsp3) is 0.200. The van der Waals surface area contributed by atoms with Crippen molar-refractivity contribution in [1.82, 2.24) is 5.32 Å². The summed E-state index contributed by atoms with van der Waals surface area (Å²) in [4.78, 5) is 21.9. The third-order valence-corrected chi connectivity index (χ3v) is 2.56. The molecule has 0 aliphatic heterocycles. The summed E-state index contributed by atoms with van der Waals surface area (Å²) in [7, 11) is 0. The molecule has 0 unspecified atom stereocenters. The molecule has 0 spiro atoms. The van der Waals surface area contributed by atoms with E-state index in [1.807, 2.05) is 0 Å². The van der Waals surface area contributed by atoms with Gasteiger partial charge in [0.15, 0.2) is 0 Å². The number of carboxylic acids is 1. The normalized spacial score (nSPS) is 11.8. The number of amides is 2. The van der Waals surface area contributed by atoms with Gasteiger partial charge in [-0.25, -0.2) is 9.18 Å². The highest BCUT2D eigenvalue weighted by atomic mass is 35.5. The molecule has 0 bridgehead atoms. The minimum Gasteiger partial charge on any atom is -0.480 e. The highest BCUT2D eigenvalue weighted by Gasteiger charge is 2.16. The van der Waals surface area contributed by atoms with E-state index >= 15 is 0 Å². The van der Waals surface area contributed by atoms with Crippen LogP contribution in [0.25, 0.3) is 0 Å². The molecule has 0 saturated carbocycles. The zero-order valence-electron chi connectivity index (χ0n) is 9.13. The lowest BCUT2D eigenvalue weighted by molar-refractivity contribution is -0.138. The van der Waals surface area contributed by atoms with Crippen LogP contribution < -0.4 is 10.6 Å². The van der Waals surface area contributed by atoms with Gasteiger partial charge in [0.1, 0.15) is 11.9 Å². The van der Waals surface area contributed by atoms with Crippen molar-refractivity contribution in [1.29, 1.82) is 0 Å². The van der Waals surface area contributed by atoms with Crippen LogP contribution in [0.4, 0.5) is 14.9 Å². The van der Waals surface area contributed by atoms with Crippen LogP contribution in [0.3, 0.4) is 0 Å². The van der Waals surface area contributed by atoms with Gasteiger partial charge < -0.3 is 15.7 Å². The second kappa shape index (κ2) is 5.88. The Balaban J connectivity index is 2.80. The monoisotopic (exact) mass is 294 g/mol. The number of anilines is 1. The molecule has 0 aromatic heterocycles. The Morgan fingerprint density at radius 1 is 1.33 bits per heavy atom. The van der Waals surface area contributed by atoms with Gasteiger partial charge in [-0.1, -0.05) is 23.2 Å². The molecule has 0 radical (unpaired) electrons. The van der Waals surface area contributed by atoms with E-state index in [1.54, 1.807) is 0 Å². The maximum Gasteiger partial charge on any atom is 0.325 e. The summed E-state index contributed by atoms with van der Waals surface area (Å²) in [6, 6.07) is 0.0659. The first-order valence-corrected chi connectivity index (χ1v) is 5.51. The average Bonchev–Trinajstić information content (AvgIpc) is 2.23. The Morgan fingerprint density at radius 3 is 2.28 bits per heavy atom. The van der Waals surface area contributed by atoms with Crippen LogP contribution in [-0.4, -0.2) is 23.1 Å². The number of carboxylic acid groups (broad SMARTS) is 1. The van der Waals surface area contributed by atoms with E-state index in [0.717, 1.165) is 12.1 Å². The van der Waals surface area contributed by atoms with Gasteiger partial charge in [0.2, 0.25) is 0 Å². The van der Waals surface area contributed by atoms with Crippen LogP contribution in [-0.2, 0) is 4.79 Å². The molecule has 0 aliphatic rings. The number of halogens is 3. The van der Waals surface area contributed by atoms with Crippen molar-refractivity contribution >= 4 is 40.9 Å². The van der Waals surface area contributed by atoms with Crippen molar-refractivity contribution in [2.45, 2.75) is 13.0 Å². The molecule has 0 fully saturated rings. The van der Waals surface area contributed by atoms with Gasteiger partial charge in [0.05, 0.1) is 15.7 Å². The van der Waals surface area contributed by atoms with Crippen molar-refractivity contribution in [3.63, 3.8) is 0 Å². The quantitative estimate of drug-likeness (QED) is 0.802. The number of rotatable bonds is 3. The van der Waals surface area contributed by atoms with Crippen LogP contribution in [0.2, 0.25) is 10.0 Å². The van der Waals surface area contributed by atoms with E-state index in [2.05, 4.69) is 10.6 Å². The van der Waals surface area contributed by atoms with E-state index in [9.17, 15) is 14.0 Å². The van der Waals surface area contributed by atoms with E-state index in [-0.39, 0.29) is 15.7 Å². The van der Waals surface area contributed by atoms with Crippen LogP contribution in [0.1, 0.15) is 6.92 Å². The van der Waals surface area contributed by atoms with Crippen LogP contribution in [0.5, 0.6) is 0 Å². The van der Waals surface area contributed by atoms with Gasteiger partial charge in [-0.05, 0) is 19.1 Å². The SMILES string of the molecule is C[C@@H](NC(=O)Nc1c(Cl)cc(F)cc1Cl)C(=O)O. The van der Waals surface area contributed by atoms with Crippen LogP contribution >= 0.6 is 23.2 Å². The number of carbonyl (C=O) groups is 2. The van der Waals surface area contributed by atoms with Gasteiger partial charge in [-0.15, -0.1) is 0 Å². The Hall–Kier alpha value is -1.53. The molecular weight excluding hydrogens is 286 g/mol. The number of aliphatic carboxylic acids is 1. The third-order valence-electron chi connectivity index (χ3n) is 1.96. The highest BCUT2D eigenvalue weighted by molar-refractivity contribution is 6.39. The predicted molar refractivity (Wildman–Crippen MR) is 65.7 cm³/mol. The molecule has 8 heteroatoms. The second-order valence-corrected chi connectivity index (χ2v) is 4.22. The molecule has 1 aromatic rings. The molecule has 2 amide bonds. The highest BCUT2D eigenvalue weighted by Crippen LogP contribution is 2.31. The zero-order chi connectivity index (χ0) is 13.9. The van der Waals surface area contributed by atoms with Crippen molar-refractivity contribution in [3.8, 4) is 0 Å². The van der Waals surface area contributed by atoms with Gasteiger partial charge in [-0.2, -0.15) is 0 Å². The van der Waals surface area contributed by atoms with E-state index in [1.165, 1.54) is 6.92 Å². The molecule has 1 atom stereocenters. The Bertz CT molecular complexity index is 473. The molecule has 0 saturated heterocycles. The number of nitrogens with one attached hydrogen (secondary N) is 2. The van der Waals surface area contributed by atoms with Gasteiger partial charge >= 0.3 is 12.0 Å². The molecule has 18 heavy (non-hydrogen) atoms. The zero-order valence-corrected chi connectivity index (χ0v) is 10.6. The van der Waals surface area contributed by atoms with Gasteiger partial charge in [0, 0.05) is 0 Å². The van der Waals surface area contributed by atoms with Crippen LogP contribution in [0.15, 0.2) is 12.1 Å². The minimum absolute atomic E-state index is 0.00909. The lowest BCUT2D eigenvalue weighted by Crippen LogP contribution is -2.40. The first kappa shape index (κ1) is 14.5.